The average molecular weight is 296 g/mol. The maximum atomic E-state index is 6.64. The number of benzene rings is 1. The maximum Gasteiger partial charge on any atom is 0.461 e. The van der Waals surface area contributed by atoms with Gasteiger partial charge in [0.2, 0.25) is 0 Å². The highest BCUT2D eigenvalue weighted by Crippen LogP contribution is 2.75. The van der Waals surface area contributed by atoms with Gasteiger partial charge < -0.3 is 9.31 Å². The van der Waals surface area contributed by atoms with Crippen molar-refractivity contribution in [3.8, 4) is 0 Å². The molecule has 1 heterocycles. The Morgan fingerprint density at radius 2 is 2.00 bits per heavy atom. The number of hydrogen-bond acceptors (Lipinski definition) is 2. The van der Waals surface area contributed by atoms with Gasteiger partial charge in [-0.15, -0.1) is 6.58 Å². The second-order valence-electron chi connectivity index (χ2n) is 7.98. The van der Waals surface area contributed by atoms with Crippen molar-refractivity contribution in [2.45, 2.75) is 51.6 Å². The molecule has 0 radical (unpaired) electrons. The zero-order chi connectivity index (χ0) is 15.6. The Balaban J connectivity index is 1.87. The van der Waals surface area contributed by atoms with Crippen molar-refractivity contribution in [1.82, 2.24) is 0 Å². The molecule has 116 valence electrons. The third kappa shape index (κ3) is 1.49. The molecule has 0 N–H and O–H groups in total. The van der Waals surface area contributed by atoms with Gasteiger partial charge in [0.05, 0.1) is 6.10 Å². The van der Waals surface area contributed by atoms with E-state index in [2.05, 4.69) is 57.7 Å². The first-order valence-electron chi connectivity index (χ1n) is 8.46. The zero-order valence-electron chi connectivity index (χ0n) is 13.8. The SMILES string of the molecule is C=CCB1O[C@H]2[C@@](c3ccccc3)(O1)[C@@H]1CC[C@@]2(C)C1(C)C. The van der Waals surface area contributed by atoms with Gasteiger partial charge in [0.25, 0.3) is 0 Å². The van der Waals surface area contributed by atoms with Crippen molar-refractivity contribution in [2.75, 3.05) is 0 Å². The van der Waals surface area contributed by atoms with Crippen molar-refractivity contribution in [3.05, 3.63) is 48.6 Å². The van der Waals surface area contributed by atoms with Crippen molar-refractivity contribution in [3.63, 3.8) is 0 Å². The Labute approximate surface area is 134 Å². The summed E-state index contributed by atoms with van der Waals surface area (Å²) >= 11 is 0. The Hall–Kier alpha value is -1.06. The van der Waals surface area contributed by atoms with Crippen LogP contribution in [0.25, 0.3) is 0 Å². The largest absolute Gasteiger partial charge is 0.461 e. The summed E-state index contributed by atoms with van der Waals surface area (Å²) in [4.78, 5) is 0. The first-order chi connectivity index (χ1) is 10.5. The molecule has 3 aliphatic rings. The van der Waals surface area contributed by atoms with Gasteiger partial charge in [-0.3, -0.25) is 0 Å². The van der Waals surface area contributed by atoms with E-state index in [0.29, 0.717) is 5.92 Å². The minimum Gasteiger partial charge on any atom is -0.404 e. The molecule has 2 nitrogen and oxygen atoms in total. The van der Waals surface area contributed by atoms with E-state index in [0.717, 1.165) is 6.32 Å². The van der Waals surface area contributed by atoms with Crippen LogP contribution in [0.4, 0.5) is 0 Å². The molecule has 4 atom stereocenters. The van der Waals surface area contributed by atoms with Crippen molar-refractivity contribution in [1.29, 1.82) is 0 Å². The molecule has 0 aromatic heterocycles. The average Bonchev–Trinajstić information content (AvgIpc) is 3.03. The van der Waals surface area contributed by atoms with Crippen molar-refractivity contribution in [2.24, 2.45) is 16.7 Å². The third-order valence-corrected chi connectivity index (χ3v) is 6.98. The summed E-state index contributed by atoms with van der Waals surface area (Å²) in [6.07, 6.45) is 5.25. The van der Waals surface area contributed by atoms with Crippen LogP contribution in [0.2, 0.25) is 6.32 Å². The lowest BCUT2D eigenvalue weighted by molar-refractivity contribution is -0.0369. The molecule has 2 bridgehead atoms. The quantitative estimate of drug-likeness (QED) is 0.607. The highest BCUT2D eigenvalue weighted by atomic mass is 16.7. The maximum absolute atomic E-state index is 6.64. The monoisotopic (exact) mass is 296 g/mol. The van der Waals surface area contributed by atoms with Crippen LogP contribution in [-0.2, 0) is 14.9 Å². The van der Waals surface area contributed by atoms with E-state index in [1.165, 1.54) is 18.4 Å². The molecule has 1 aliphatic heterocycles. The highest BCUT2D eigenvalue weighted by Gasteiger charge is 2.77. The summed E-state index contributed by atoms with van der Waals surface area (Å²) < 4.78 is 13.1. The van der Waals surface area contributed by atoms with Gasteiger partial charge in [-0.1, -0.05) is 57.2 Å². The Morgan fingerprint density at radius 3 is 2.68 bits per heavy atom. The second-order valence-corrected chi connectivity index (χ2v) is 7.98. The minimum absolute atomic E-state index is 0.140. The summed E-state index contributed by atoms with van der Waals surface area (Å²) in [5.41, 5.74) is 1.40. The Bertz CT molecular complexity index is 599. The van der Waals surface area contributed by atoms with Gasteiger partial charge >= 0.3 is 7.12 Å². The van der Waals surface area contributed by atoms with Crippen LogP contribution in [0.1, 0.15) is 39.2 Å². The van der Waals surface area contributed by atoms with E-state index < -0.39 is 0 Å². The van der Waals surface area contributed by atoms with Crippen LogP contribution >= 0.6 is 0 Å². The highest BCUT2D eigenvalue weighted by molar-refractivity contribution is 6.46. The molecule has 2 saturated carbocycles. The number of hydrogen-bond donors (Lipinski definition) is 0. The lowest BCUT2D eigenvalue weighted by atomic mass is 9.69. The third-order valence-electron chi connectivity index (χ3n) is 6.98. The zero-order valence-corrected chi connectivity index (χ0v) is 13.8. The normalized spacial score (nSPS) is 41.7. The van der Waals surface area contributed by atoms with Gasteiger partial charge in [-0.05, 0) is 29.7 Å². The van der Waals surface area contributed by atoms with E-state index in [1.807, 2.05) is 6.08 Å². The first kappa shape index (κ1) is 14.5. The molecule has 1 aromatic carbocycles. The fraction of sp³-hybridized carbons (Fsp3) is 0.579. The van der Waals surface area contributed by atoms with Crippen LogP contribution in [0.5, 0.6) is 0 Å². The summed E-state index contributed by atoms with van der Waals surface area (Å²) in [5.74, 6) is 0.507. The van der Waals surface area contributed by atoms with Gasteiger partial charge in [-0.25, -0.2) is 0 Å². The molecular weight excluding hydrogens is 271 g/mol. The fourth-order valence-electron chi connectivity index (χ4n) is 5.55. The molecule has 1 saturated heterocycles. The summed E-state index contributed by atoms with van der Waals surface area (Å²) in [7, 11) is -0.154. The second kappa shape index (κ2) is 4.49. The first-order valence-corrected chi connectivity index (χ1v) is 8.46. The van der Waals surface area contributed by atoms with E-state index in [9.17, 15) is 0 Å². The standard InChI is InChI=1S/C19H25BO2/c1-5-13-20-21-16-18(4)12-11-15(17(18,2)3)19(16,22-20)14-9-7-6-8-10-14/h5-10,15-16H,1,11-13H2,2-4H3/t15-,16-,18-,19+/m1/s1. The molecule has 0 unspecified atom stereocenters. The molecule has 3 heteroatoms. The molecular formula is C19H25BO2. The van der Waals surface area contributed by atoms with Crippen LogP contribution in [0.15, 0.2) is 43.0 Å². The van der Waals surface area contributed by atoms with Crippen LogP contribution in [-0.4, -0.2) is 13.2 Å². The molecule has 2 aliphatic carbocycles. The van der Waals surface area contributed by atoms with Crippen molar-refractivity contribution < 1.29 is 9.31 Å². The number of fused-ring (bicyclic) bond motifs is 5. The van der Waals surface area contributed by atoms with Crippen molar-refractivity contribution >= 4 is 7.12 Å². The predicted molar refractivity (Wildman–Crippen MR) is 89.4 cm³/mol. The number of rotatable bonds is 3. The summed E-state index contributed by atoms with van der Waals surface area (Å²) in [6.45, 7) is 11.1. The predicted octanol–water partition coefficient (Wildman–Crippen LogP) is 4.43. The van der Waals surface area contributed by atoms with Gasteiger partial charge in [0, 0.05) is 11.7 Å². The summed E-state index contributed by atoms with van der Waals surface area (Å²) in [5, 5.41) is 0. The van der Waals surface area contributed by atoms with Gasteiger partial charge in [0.1, 0.15) is 5.60 Å². The molecule has 4 rings (SSSR count). The summed E-state index contributed by atoms with van der Waals surface area (Å²) in [6, 6.07) is 10.7. The van der Waals surface area contributed by atoms with E-state index in [-0.39, 0.29) is 29.7 Å². The topological polar surface area (TPSA) is 18.5 Å². The molecule has 1 aromatic rings. The van der Waals surface area contributed by atoms with E-state index in [1.54, 1.807) is 0 Å². The van der Waals surface area contributed by atoms with Crippen LogP contribution in [0.3, 0.4) is 0 Å². The van der Waals surface area contributed by atoms with Crippen LogP contribution in [0, 0.1) is 16.7 Å². The van der Waals surface area contributed by atoms with E-state index >= 15 is 0 Å². The van der Waals surface area contributed by atoms with Gasteiger partial charge in [-0.2, -0.15) is 0 Å². The smallest absolute Gasteiger partial charge is 0.404 e. The lowest BCUT2D eigenvalue weighted by Crippen LogP contribution is -2.45. The molecule has 0 amide bonds. The number of allylic oxidation sites excluding steroid dienone is 1. The Kier molecular flexibility index (Phi) is 2.96. The molecule has 3 fully saturated rings. The van der Waals surface area contributed by atoms with Crippen LogP contribution < -0.4 is 0 Å². The Morgan fingerprint density at radius 1 is 1.27 bits per heavy atom. The minimum atomic E-state index is -0.286. The molecule has 22 heavy (non-hydrogen) atoms. The van der Waals surface area contributed by atoms with Gasteiger partial charge in [0.15, 0.2) is 0 Å². The lowest BCUT2D eigenvalue weighted by Gasteiger charge is -2.41. The molecule has 0 spiro atoms. The fourth-order valence-corrected chi connectivity index (χ4v) is 5.55. The van der Waals surface area contributed by atoms with E-state index in [4.69, 9.17) is 9.31 Å².